The molecule has 0 spiro atoms. The van der Waals surface area contributed by atoms with Gasteiger partial charge in [-0.25, -0.2) is 0 Å². The van der Waals surface area contributed by atoms with Crippen molar-refractivity contribution < 1.29 is 9.90 Å². The van der Waals surface area contributed by atoms with Gasteiger partial charge in [0.25, 0.3) is 0 Å². The van der Waals surface area contributed by atoms with Gasteiger partial charge in [0.2, 0.25) is 0 Å². The molecule has 0 amide bonds. The molecule has 0 aromatic heterocycles. The van der Waals surface area contributed by atoms with Crippen LogP contribution in [0.2, 0.25) is 0 Å². The predicted octanol–water partition coefficient (Wildman–Crippen LogP) is 3.02. The molecule has 0 atom stereocenters. The van der Waals surface area contributed by atoms with Crippen LogP contribution in [-0.2, 0) is 6.54 Å². The molecule has 112 valence electrons. The molecule has 0 aliphatic rings. The molecule has 0 aliphatic carbocycles. The molecule has 0 bridgehead atoms. The Morgan fingerprint density at radius 2 is 1.85 bits per heavy atom. The summed E-state index contributed by atoms with van der Waals surface area (Å²) in [5.41, 5.74) is 5.45. The highest BCUT2D eigenvalue weighted by atomic mass is 16.3. The largest absolute Gasteiger partial charge is 0.395 e. The summed E-state index contributed by atoms with van der Waals surface area (Å²) in [6.07, 6.45) is 1.06. The Hall–Kier alpha value is -1.19. The number of rotatable bonds is 7. The molecule has 0 aliphatic heterocycles. The highest BCUT2D eigenvalue weighted by Gasteiger charge is 2.16. The van der Waals surface area contributed by atoms with Gasteiger partial charge in [-0.15, -0.1) is 0 Å². The maximum Gasteiger partial charge on any atom is 0.160 e. The van der Waals surface area contributed by atoms with E-state index in [-0.39, 0.29) is 12.4 Å². The van der Waals surface area contributed by atoms with E-state index in [2.05, 4.69) is 24.8 Å². The van der Waals surface area contributed by atoms with Crippen LogP contribution in [-0.4, -0.2) is 35.5 Å². The first-order chi connectivity index (χ1) is 9.42. The molecule has 1 N–H and O–H groups in total. The molecule has 0 saturated carbocycles. The minimum absolute atomic E-state index is 0.130. The van der Waals surface area contributed by atoms with Gasteiger partial charge < -0.3 is 5.11 Å². The van der Waals surface area contributed by atoms with Gasteiger partial charge in [0.1, 0.15) is 0 Å². The van der Waals surface area contributed by atoms with Crippen LogP contribution in [0.4, 0.5) is 0 Å². The van der Waals surface area contributed by atoms with Crippen molar-refractivity contribution in [3.8, 4) is 0 Å². The summed E-state index contributed by atoms with van der Waals surface area (Å²) >= 11 is 0. The lowest BCUT2D eigenvalue weighted by Crippen LogP contribution is -2.28. The molecule has 0 saturated heterocycles. The van der Waals surface area contributed by atoms with Crippen LogP contribution >= 0.6 is 0 Å². The van der Waals surface area contributed by atoms with Crippen LogP contribution in [0.25, 0.3) is 0 Å². The number of Topliss-reactive ketones (excluding diaryl/α,β-unsaturated/α-hetero) is 1. The first-order valence-corrected chi connectivity index (χ1v) is 7.36. The van der Waals surface area contributed by atoms with Crippen LogP contribution in [0.1, 0.15) is 52.9 Å². The molecule has 0 unspecified atom stereocenters. The molecule has 20 heavy (non-hydrogen) atoms. The van der Waals surface area contributed by atoms with E-state index in [1.54, 1.807) is 6.92 Å². The maximum atomic E-state index is 11.8. The monoisotopic (exact) mass is 277 g/mol. The Labute approximate surface area is 122 Å². The zero-order valence-corrected chi connectivity index (χ0v) is 13.4. The summed E-state index contributed by atoms with van der Waals surface area (Å²) in [6, 6.07) is 2.10. The number of carbonyl (C=O) groups excluding carboxylic acids is 1. The van der Waals surface area contributed by atoms with Crippen LogP contribution in [0.15, 0.2) is 6.07 Å². The van der Waals surface area contributed by atoms with Crippen molar-refractivity contribution in [1.29, 1.82) is 0 Å². The molecule has 3 nitrogen and oxygen atoms in total. The Bertz CT molecular complexity index is 474. The number of aliphatic hydroxyl groups is 1. The van der Waals surface area contributed by atoms with Crippen molar-refractivity contribution in [3.63, 3.8) is 0 Å². The van der Waals surface area contributed by atoms with E-state index >= 15 is 0 Å². The van der Waals surface area contributed by atoms with Gasteiger partial charge >= 0.3 is 0 Å². The number of hydrogen-bond donors (Lipinski definition) is 1. The smallest absolute Gasteiger partial charge is 0.160 e. The molecule has 0 radical (unpaired) electrons. The van der Waals surface area contributed by atoms with Gasteiger partial charge in [-0.2, -0.15) is 0 Å². The average Bonchev–Trinajstić information content (AvgIpc) is 2.34. The Morgan fingerprint density at radius 3 is 2.35 bits per heavy atom. The van der Waals surface area contributed by atoms with E-state index in [0.717, 1.165) is 36.2 Å². The number of aliphatic hydroxyl groups excluding tert-OH is 1. The fourth-order valence-electron chi connectivity index (χ4n) is 2.96. The Kier molecular flexibility index (Phi) is 6.37. The topological polar surface area (TPSA) is 40.5 Å². The molecular weight excluding hydrogens is 250 g/mol. The Morgan fingerprint density at radius 1 is 1.20 bits per heavy atom. The minimum Gasteiger partial charge on any atom is -0.395 e. The van der Waals surface area contributed by atoms with Crippen molar-refractivity contribution in [1.82, 2.24) is 4.90 Å². The lowest BCUT2D eigenvalue weighted by atomic mass is 9.91. The van der Waals surface area contributed by atoms with Gasteiger partial charge in [0, 0.05) is 18.7 Å². The minimum atomic E-state index is 0.130. The summed E-state index contributed by atoms with van der Waals surface area (Å²) in [5, 5.41) is 9.17. The van der Waals surface area contributed by atoms with Crippen molar-refractivity contribution in [2.24, 2.45) is 0 Å². The lowest BCUT2D eigenvalue weighted by molar-refractivity contribution is 0.101. The van der Waals surface area contributed by atoms with Crippen molar-refractivity contribution in [3.05, 3.63) is 33.9 Å². The first-order valence-electron chi connectivity index (χ1n) is 7.36. The van der Waals surface area contributed by atoms with Gasteiger partial charge in [0.05, 0.1) is 6.61 Å². The van der Waals surface area contributed by atoms with Gasteiger partial charge in [-0.1, -0.05) is 13.0 Å². The fraction of sp³-hybridized carbons (Fsp3) is 0.588. The van der Waals surface area contributed by atoms with Crippen molar-refractivity contribution >= 4 is 5.78 Å². The molecule has 0 heterocycles. The summed E-state index contributed by atoms with van der Waals surface area (Å²) in [7, 11) is 0. The van der Waals surface area contributed by atoms with Gasteiger partial charge in [-0.3, -0.25) is 9.69 Å². The predicted molar refractivity (Wildman–Crippen MR) is 83.3 cm³/mol. The normalized spacial score (nSPS) is 11.2. The van der Waals surface area contributed by atoms with E-state index in [0.29, 0.717) is 6.54 Å². The number of hydrogen-bond acceptors (Lipinski definition) is 3. The second kappa shape index (κ2) is 7.55. The molecule has 1 aromatic carbocycles. The van der Waals surface area contributed by atoms with Crippen LogP contribution in [0.5, 0.6) is 0 Å². The third-order valence-electron chi connectivity index (χ3n) is 3.82. The molecule has 1 aromatic rings. The van der Waals surface area contributed by atoms with Gasteiger partial charge in [0.15, 0.2) is 5.78 Å². The molecule has 1 rings (SSSR count). The highest BCUT2D eigenvalue weighted by molar-refractivity contribution is 5.97. The zero-order valence-electron chi connectivity index (χ0n) is 13.4. The number of benzene rings is 1. The van der Waals surface area contributed by atoms with E-state index < -0.39 is 0 Å². The SMILES string of the molecule is CCCN(CCO)Cc1c(C)cc(C)c(C(C)=O)c1C. The summed E-state index contributed by atoms with van der Waals surface area (Å²) in [4.78, 5) is 14.1. The number of nitrogens with zero attached hydrogens (tertiary/aromatic N) is 1. The summed E-state index contributed by atoms with van der Waals surface area (Å²) in [5.74, 6) is 0.130. The standard InChI is InChI=1S/C17H27NO2/c1-6-7-18(8-9-19)11-16-12(2)10-13(3)17(14(16)4)15(5)20/h10,19H,6-9,11H2,1-5H3. The molecule has 0 fully saturated rings. The second-order valence-corrected chi connectivity index (χ2v) is 5.54. The highest BCUT2D eigenvalue weighted by Crippen LogP contribution is 2.24. The van der Waals surface area contributed by atoms with E-state index in [9.17, 15) is 9.90 Å². The van der Waals surface area contributed by atoms with Crippen molar-refractivity contribution in [2.45, 2.75) is 47.6 Å². The number of ketones is 1. The average molecular weight is 277 g/mol. The van der Waals surface area contributed by atoms with Gasteiger partial charge in [-0.05, 0) is 62.9 Å². The van der Waals surface area contributed by atoms with E-state index in [4.69, 9.17) is 0 Å². The molecule has 3 heteroatoms. The maximum absolute atomic E-state index is 11.8. The quantitative estimate of drug-likeness (QED) is 0.779. The lowest BCUT2D eigenvalue weighted by Gasteiger charge is -2.24. The van der Waals surface area contributed by atoms with Crippen LogP contribution in [0, 0.1) is 20.8 Å². The Balaban J connectivity index is 3.16. The summed E-state index contributed by atoms with van der Waals surface area (Å²) < 4.78 is 0. The third-order valence-corrected chi connectivity index (χ3v) is 3.82. The first kappa shape index (κ1) is 16.9. The second-order valence-electron chi connectivity index (χ2n) is 5.54. The van der Waals surface area contributed by atoms with E-state index in [1.807, 2.05) is 13.8 Å². The summed E-state index contributed by atoms with van der Waals surface area (Å²) in [6.45, 7) is 12.5. The number of aryl methyl sites for hydroxylation is 2. The van der Waals surface area contributed by atoms with Crippen molar-refractivity contribution in [2.75, 3.05) is 19.7 Å². The van der Waals surface area contributed by atoms with E-state index in [1.165, 1.54) is 11.1 Å². The molecular formula is C17H27NO2. The van der Waals surface area contributed by atoms with Crippen LogP contribution < -0.4 is 0 Å². The zero-order chi connectivity index (χ0) is 15.3. The van der Waals surface area contributed by atoms with Crippen LogP contribution in [0.3, 0.4) is 0 Å². The third kappa shape index (κ3) is 3.90. The fourth-order valence-corrected chi connectivity index (χ4v) is 2.96. The number of carbonyl (C=O) groups is 1.